The molecule has 4 heteroatoms. The van der Waals surface area contributed by atoms with E-state index in [9.17, 15) is 0 Å². The third-order valence-electron chi connectivity index (χ3n) is 4.32. The van der Waals surface area contributed by atoms with Crippen molar-refractivity contribution in [2.45, 2.75) is 51.7 Å². The first-order valence-corrected chi connectivity index (χ1v) is 7.85. The molecule has 4 nitrogen and oxygen atoms in total. The van der Waals surface area contributed by atoms with Gasteiger partial charge in [0.15, 0.2) is 0 Å². The second-order valence-electron chi connectivity index (χ2n) is 6.00. The number of nitrogens with one attached hydrogen (secondary N) is 1. The highest BCUT2D eigenvalue weighted by Crippen LogP contribution is 2.20. The number of benzene rings is 1. The van der Waals surface area contributed by atoms with E-state index in [1.807, 2.05) is 29.1 Å². The molecule has 1 aliphatic rings. The molecular weight excluding hydrogens is 260 g/mol. The first-order chi connectivity index (χ1) is 10.2. The van der Waals surface area contributed by atoms with E-state index in [-0.39, 0.29) is 0 Å². The standard InChI is InChI=1S/C17H24N4/c1-14-7-6-8-15(2)21(14)19-12-16-11-18-20(13-16)17-9-4-3-5-10-17/h3-5,9-11,13-15,19H,6-8,12H2,1-2H3. The molecule has 1 saturated heterocycles. The van der Waals surface area contributed by atoms with Crippen molar-refractivity contribution in [2.24, 2.45) is 0 Å². The predicted molar refractivity (Wildman–Crippen MR) is 85.0 cm³/mol. The molecule has 21 heavy (non-hydrogen) atoms. The maximum atomic E-state index is 4.45. The molecular formula is C17H24N4. The van der Waals surface area contributed by atoms with E-state index in [0.717, 1.165) is 12.2 Å². The SMILES string of the molecule is CC1CCCC(C)N1NCc1cnn(-c2ccccc2)c1. The topological polar surface area (TPSA) is 33.1 Å². The van der Waals surface area contributed by atoms with Crippen molar-refractivity contribution in [1.29, 1.82) is 0 Å². The van der Waals surface area contributed by atoms with Gasteiger partial charge in [-0.05, 0) is 38.8 Å². The van der Waals surface area contributed by atoms with Crippen molar-refractivity contribution in [3.05, 3.63) is 48.3 Å². The molecule has 2 atom stereocenters. The first-order valence-electron chi connectivity index (χ1n) is 7.85. The van der Waals surface area contributed by atoms with Crippen LogP contribution in [0.25, 0.3) is 5.69 Å². The van der Waals surface area contributed by atoms with Crippen LogP contribution in [0, 0.1) is 0 Å². The minimum atomic E-state index is 0.609. The van der Waals surface area contributed by atoms with E-state index >= 15 is 0 Å². The average molecular weight is 284 g/mol. The first kappa shape index (κ1) is 14.3. The van der Waals surface area contributed by atoms with Gasteiger partial charge in [-0.25, -0.2) is 9.69 Å². The molecule has 1 fully saturated rings. The highest BCUT2D eigenvalue weighted by molar-refractivity contribution is 5.30. The van der Waals surface area contributed by atoms with E-state index in [2.05, 4.69) is 47.7 Å². The monoisotopic (exact) mass is 284 g/mol. The van der Waals surface area contributed by atoms with Crippen LogP contribution in [0.15, 0.2) is 42.7 Å². The Labute approximate surface area is 126 Å². The molecule has 1 aromatic heterocycles. The Hall–Kier alpha value is -1.65. The minimum absolute atomic E-state index is 0.609. The molecule has 3 rings (SSSR count). The summed E-state index contributed by atoms with van der Waals surface area (Å²) >= 11 is 0. The zero-order valence-corrected chi connectivity index (χ0v) is 12.9. The van der Waals surface area contributed by atoms with Crippen LogP contribution in [0.2, 0.25) is 0 Å². The van der Waals surface area contributed by atoms with E-state index < -0.39 is 0 Å². The summed E-state index contributed by atoms with van der Waals surface area (Å²) in [5.41, 5.74) is 5.89. The van der Waals surface area contributed by atoms with Crippen LogP contribution < -0.4 is 5.43 Å². The van der Waals surface area contributed by atoms with Gasteiger partial charge in [0.25, 0.3) is 0 Å². The highest BCUT2D eigenvalue weighted by Gasteiger charge is 2.24. The minimum Gasteiger partial charge on any atom is -0.250 e. The molecule has 2 heterocycles. The Kier molecular flexibility index (Phi) is 4.36. The van der Waals surface area contributed by atoms with Gasteiger partial charge in [0.2, 0.25) is 0 Å². The zero-order chi connectivity index (χ0) is 14.7. The molecule has 0 bridgehead atoms. The Balaban J connectivity index is 1.62. The van der Waals surface area contributed by atoms with Crippen molar-refractivity contribution in [3.63, 3.8) is 0 Å². The largest absolute Gasteiger partial charge is 0.250 e. The van der Waals surface area contributed by atoms with Crippen LogP contribution in [0.5, 0.6) is 0 Å². The molecule has 0 saturated carbocycles. The molecule has 0 radical (unpaired) electrons. The van der Waals surface area contributed by atoms with Gasteiger partial charge in [0.1, 0.15) is 0 Å². The van der Waals surface area contributed by atoms with Crippen LogP contribution in [0.3, 0.4) is 0 Å². The summed E-state index contributed by atoms with van der Waals surface area (Å²) in [6, 6.07) is 11.4. The van der Waals surface area contributed by atoms with Gasteiger partial charge in [-0.3, -0.25) is 5.43 Å². The Morgan fingerprint density at radius 2 is 1.86 bits per heavy atom. The van der Waals surface area contributed by atoms with Gasteiger partial charge < -0.3 is 0 Å². The molecule has 0 aliphatic carbocycles. The summed E-state index contributed by atoms with van der Waals surface area (Å²) in [7, 11) is 0. The van der Waals surface area contributed by atoms with Gasteiger partial charge >= 0.3 is 0 Å². The molecule has 1 N–H and O–H groups in total. The van der Waals surface area contributed by atoms with Crippen LogP contribution >= 0.6 is 0 Å². The van der Waals surface area contributed by atoms with Gasteiger partial charge in [0.05, 0.1) is 11.9 Å². The van der Waals surface area contributed by atoms with Crippen LogP contribution in [0.4, 0.5) is 0 Å². The van der Waals surface area contributed by atoms with Crippen LogP contribution in [0.1, 0.15) is 38.7 Å². The lowest BCUT2D eigenvalue weighted by Crippen LogP contribution is -2.51. The zero-order valence-electron chi connectivity index (χ0n) is 12.9. The Bertz CT molecular complexity index is 553. The fourth-order valence-electron chi connectivity index (χ4n) is 3.09. The van der Waals surface area contributed by atoms with Crippen molar-refractivity contribution in [3.8, 4) is 5.69 Å². The van der Waals surface area contributed by atoms with Gasteiger partial charge in [-0.2, -0.15) is 5.10 Å². The number of rotatable bonds is 4. The third-order valence-corrected chi connectivity index (χ3v) is 4.32. The number of nitrogens with zero attached hydrogens (tertiary/aromatic N) is 3. The second-order valence-corrected chi connectivity index (χ2v) is 6.00. The third kappa shape index (κ3) is 3.34. The lowest BCUT2D eigenvalue weighted by atomic mass is 10.00. The maximum Gasteiger partial charge on any atom is 0.0645 e. The number of piperidine rings is 1. The summed E-state index contributed by atoms with van der Waals surface area (Å²) in [5.74, 6) is 0. The number of hydrogen-bond acceptors (Lipinski definition) is 3. The maximum absolute atomic E-state index is 4.45. The number of aromatic nitrogens is 2. The summed E-state index contributed by atoms with van der Waals surface area (Å²) in [4.78, 5) is 0. The lowest BCUT2D eigenvalue weighted by Gasteiger charge is -2.39. The Morgan fingerprint density at radius 1 is 1.14 bits per heavy atom. The number of para-hydroxylation sites is 1. The van der Waals surface area contributed by atoms with Gasteiger partial charge in [-0.1, -0.05) is 24.6 Å². The van der Waals surface area contributed by atoms with Crippen molar-refractivity contribution in [1.82, 2.24) is 20.2 Å². The summed E-state index contributed by atoms with van der Waals surface area (Å²) in [6.45, 7) is 5.44. The van der Waals surface area contributed by atoms with Gasteiger partial charge in [0, 0.05) is 30.4 Å². The molecule has 2 aromatic rings. The molecule has 2 unspecified atom stereocenters. The van der Waals surface area contributed by atoms with E-state index in [1.165, 1.54) is 24.8 Å². The predicted octanol–water partition coefficient (Wildman–Crippen LogP) is 3.14. The number of hydrazine groups is 1. The van der Waals surface area contributed by atoms with E-state index in [1.54, 1.807) is 0 Å². The number of hydrogen-bond donors (Lipinski definition) is 1. The Morgan fingerprint density at radius 3 is 2.57 bits per heavy atom. The quantitative estimate of drug-likeness (QED) is 0.936. The summed E-state index contributed by atoms with van der Waals surface area (Å²) in [5, 5.41) is 6.85. The summed E-state index contributed by atoms with van der Waals surface area (Å²) in [6.07, 6.45) is 7.94. The van der Waals surface area contributed by atoms with Crippen LogP contribution in [-0.4, -0.2) is 26.9 Å². The second kappa shape index (κ2) is 6.41. The molecule has 1 aliphatic heterocycles. The van der Waals surface area contributed by atoms with Crippen molar-refractivity contribution < 1.29 is 0 Å². The lowest BCUT2D eigenvalue weighted by molar-refractivity contribution is 0.0435. The average Bonchev–Trinajstić information content (AvgIpc) is 2.97. The van der Waals surface area contributed by atoms with Crippen molar-refractivity contribution in [2.75, 3.05) is 0 Å². The smallest absolute Gasteiger partial charge is 0.0645 e. The van der Waals surface area contributed by atoms with Crippen LogP contribution in [-0.2, 0) is 6.54 Å². The molecule has 1 aromatic carbocycles. The fourth-order valence-corrected chi connectivity index (χ4v) is 3.09. The fraction of sp³-hybridized carbons (Fsp3) is 0.471. The highest BCUT2D eigenvalue weighted by atomic mass is 15.5. The van der Waals surface area contributed by atoms with E-state index in [0.29, 0.717) is 12.1 Å². The summed E-state index contributed by atoms with van der Waals surface area (Å²) < 4.78 is 1.93. The molecule has 0 amide bonds. The molecule has 112 valence electrons. The normalized spacial score (nSPS) is 23.3. The van der Waals surface area contributed by atoms with E-state index in [4.69, 9.17) is 0 Å². The van der Waals surface area contributed by atoms with Gasteiger partial charge in [-0.15, -0.1) is 0 Å². The molecule has 0 spiro atoms. The van der Waals surface area contributed by atoms with Crippen molar-refractivity contribution >= 4 is 0 Å².